The molecule has 0 unspecified atom stereocenters. The molecule has 2 aromatic rings. The monoisotopic (exact) mass is 384 g/mol. The van der Waals surface area contributed by atoms with Gasteiger partial charge in [-0.05, 0) is 49.6 Å². The van der Waals surface area contributed by atoms with Crippen LogP contribution in [0.25, 0.3) is 11.4 Å². The smallest absolute Gasteiger partial charge is 0.228 e. The van der Waals surface area contributed by atoms with Gasteiger partial charge in [-0.25, -0.2) is 0 Å². The van der Waals surface area contributed by atoms with E-state index in [1.807, 2.05) is 12.1 Å². The number of halogens is 2. The molecule has 1 fully saturated rings. The molecule has 0 saturated heterocycles. The van der Waals surface area contributed by atoms with E-state index in [2.05, 4.69) is 15.5 Å². The summed E-state index contributed by atoms with van der Waals surface area (Å²) in [5.41, 5.74) is 6.57. The fraction of sp³-hybridized carbons (Fsp3) is 0.471. The minimum atomic E-state index is 0. The normalized spacial score (nSPS) is 19.4. The van der Waals surface area contributed by atoms with Crippen LogP contribution in [-0.2, 0) is 11.2 Å². The lowest BCUT2D eigenvalue weighted by atomic mass is 9.95. The summed E-state index contributed by atoms with van der Waals surface area (Å²) in [5.74, 6) is 1.46. The number of carbonyl (C=O) groups excluding carboxylic acids is 1. The Morgan fingerprint density at radius 1 is 1.32 bits per heavy atom. The number of hydrogen-bond acceptors (Lipinski definition) is 5. The highest BCUT2D eigenvalue weighted by molar-refractivity contribution is 6.30. The summed E-state index contributed by atoms with van der Waals surface area (Å²) in [6.45, 7) is 1.06. The van der Waals surface area contributed by atoms with Gasteiger partial charge in [-0.15, -0.1) is 12.4 Å². The Morgan fingerprint density at radius 3 is 2.80 bits per heavy atom. The summed E-state index contributed by atoms with van der Waals surface area (Å²) in [6, 6.07) is 7.24. The minimum absolute atomic E-state index is 0. The Balaban J connectivity index is 0.00000225. The minimum Gasteiger partial charge on any atom is -0.355 e. The van der Waals surface area contributed by atoms with Crippen LogP contribution in [0.3, 0.4) is 0 Å². The molecule has 0 aliphatic heterocycles. The quantitative estimate of drug-likeness (QED) is 0.798. The summed E-state index contributed by atoms with van der Waals surface area (Å²) >= 11 is 5.86. The van der Waals surface area contributed by atoms with Gasteiger partial charge >= 0.3 is 0 Å². The van der Waals surface area contributed by atoms with E-state index in [0.717, 1.165) is 24.8 Å². The lowest BCUT2D eigenvalue weighted by molar-refractivity contribution is -0.125. The summed E-state index contributed by atoms with van der Waals surface area (Å²) in [7, 11) is 0. The first-order chi connectivity index (χ1) is 11.7. The Bertz CT molecular complexity index is 690. The summed E-state index contributed by atoms with van der Waals surface area (Å²) in [4.78, 5) is 16.6. The Morgan fingerprint density at radius 2 is 2.08 bits per heavy atom. The molecular weight excluding hydrogens is 363 g/mol. The molecule has 1 amide bonds. The van der Waals surface area contributed by atoms with Crippen molar-refractivity contribution in [3.8, 4) is 11.4 Å². The number of nitrogens with one attached hydrogen (secondary N) is 1. The highest BCUT2D eigenvalue weighted by atomic mass is 35.5. The zero-order valence-corrected chi connectivity index (χ0v) is 15.4. The van der Waals surface area contributed by atoms with Crippen LogP contribution in [0.2, 0.25) is 5.02 Å². The SMILES string of the molecule is Cl.NC[C@H]1CCC[C@H]1C(=O)NCCc1nc(-c2ccc(Cl)cc2)no1. The molecule has 0 spiro atoms. The van der Waals surface area contributed by atoms with E-state index in [0.29, 0.717) is 42.2 Å². The first-order valence-electron chi connectivity index (χ1n) is 8.23. The second-order valence-corrected chi connectivity index (χ2v) is 6.53. The van der Waals surface area contributed by atoms with Crippen LogP contribution in [0, 0.1) is 11.8 Å². The van der Waals surface area contributed by atoms with Crippen molar-refractivity contribution in [3.05, 3.63) is 35.2 Å². The first kappa shape index (κ1) is 19.7. The predicted molar refractivity (Wildman–Crippen MR) is 98.6 cm³/mol. The van der Waals surface area contributed by atoms with Gasteiger partial charge in [0, 0.05) is 29.5 Å². The molecule has 1 aliphatic carbocycles. The molecule has 2 atom stereocenters. The van der Waals surface area contributed by atoms with E-state index in [-0.39, 0.29) is 24.2 Å². The van der Waals surface area contributed by atoms with Crippen LogP contribution in [0.15, 0.2) is 28.8 Å². The topological polar surface area (TPSA) is 94.0 Å². The van der Waals surface area contributed by atoms with Crippen LogP contribution >= 0.6 is 24.0 Å². The van der Waals surface area contributed by atoms with Gasteiger partial charge in [0.2, 0.25) is 17.6 Å². The number of rotatable bonds is 6. The van der Waals surface area contributed by atoms with Crippen molar-refractivity contribution in [1.82, 2.24) is 15.5 Å². The zero-order valence-electron chi connectivity index (χ0n) is 13.8. The third-order valence-corrected chi connectivity index (χ3v) is 4.76. The maximum Gasteiger partial charge on any atom is 0.228 e. The van der Waals surface area contributed by atoms with E-state index < -0.39 is 0 Å². The van der Waals surface area contributed by atoms with Crippen molar-refractivity contribution in [3.63, 3.8) is 0 Å². The second kappa shape index (κ2) is 9.17. The van der Waals surface area contributed by atoms with E-state index in [4.69, 9.17) is 21.9 Å². The van der Waals surface area contributed by atoms with Crippen LogP contribution in [-0.4, -0.2) is 29.1 Å². The van der Waals surface area contributed by atoms with Gasteiger partial charge in [0.1, 0.15) is 0 Å². The van der Waals surface area contributed by atoms with Crippen molar-refractivity contribution in [2.75, 3.05) is 13.1 Å². The molecule has 8 heteroatoms. The standard InChI is InChI=1S/C17H21ClN4O2.ClH/c18-13-6-4-11(5-7-13)16-21-15(24-22-16)8-9-20-17(23)14-3-1-2-12(14)10-19;/h4-7,12,14H,1-3,8-10,19H2,(H,20,23);1H/t12-,14-;/m1./s1. The third-order valence-electron chi connectivity index (χ3n) is 4.51. The van der Waals surface area contributed by atoms with Crippen LogP contribution in [0.1, 0.15) is 25.2 Å². The molecule has 3 rings (SSSR count). The van der Waals surface area contributed by atoms with E-state index in [1.54, 1.807) is 12.1 Å². The van der Waals surface area contributed by atoms with E-state index in [9.17, 15) is 4.79 Å². The van der Waals surface area contributed by atoms with Crippen molar-refractivity contribution in [2.24, 2.45) is 17.6 Å². The number of amides is 1. The molecular formula is C17H22Cl2N4O2. The number of carbonyl (C=O) groups is 1. The van der Waals surface area contributed by atoms with Gasteiger partial charge in [0.05, 0.1) is 0 Å². The predicted octanol–water partition coefficient (Wildman–Crippen LogP) is 2.85. The maximum atomic E-state index is 12.2. The fourth-order valence-corrected chi connectivity index (χ4v) is 3.29. The van der Waals surface area contributed by atoms with E-state index in [1.165, 1.54) is 0 Å². The number of hydrogen-bond donors (Lipinski definition) is 2. The van der Waals surface area contributed by atoms with Gasteiger partial charge in [-0.1, -0.05) is 23.2 Å². The number of nitrogens with zero attached hydrogens (tertiary/aromatic N) is 2. The third kappa shape index (κ3) is 4.93. The van der Waals surface area contributed by atoms with Gasteiger partial charge in [-0.2, -0.15) is 4.98 Å². The van der Waals surface area contributed by atoms with Crippen LogP contribution < -0.4 is 11.1 Å². The molecule has 25 heavy (non-hydrogen) atoms. The van der Waals surface area contributed by atoms with E-state index >= 15 is 0 Å². The molecule has 136 valence electrons. The molecule has 1 aliphatic rings. The average Bonchev–Trinajstić information content (AvgIpc) is 3.24. The fourth-order valence-electron chi connectivity index (χ4n) is 3.16. The summed E-state index contributed by atoms with van der Waals surface area (Å²) < 4.78 is 5.23. The first-order valence-corrected chi connectivity index (χ1v) is 8.61. The van der Waals surface area contributed by atoms with Crippen molar-refractivity contribution >= 4 is 29.9 Å². The number of aromatic nitrogens is 2. The molecule has 1 heterocycles. The molecule has 6 nitrogen and oxygen atoms in total. The lowest BCUT2D eigenvalue weighted by Crippen LogP contribution is -2.36. The number of nitrogens with two attached hydrogens (primary N) is 1. The molecule has 1 aromatic heterocycles. The lowest BCUT2D eigenvalue weighted by Gasteiger charge is -2.16. The summed E-state index contributed by atoms with van der Waals surface area (Å²) in [6.07, 6.45) is 3.55. The van der Waals surface area contributed by atoms with Crippen molar-refractivity contribution in [1.29, 1.82) is 0 Å². The Labute approximate surface area is 157 Å². The van der Waals surface area contributed by atoms with Gasteiger partial charge in [-0.3, -0.25) is 4.79 Å². The highest BCUT2D eigenvalue weighted by Crippen LogP contribution is 2.30. The Hall–Kier alpha value is -1.63. The van der Waals surface area contributed by atoms with Crippen LogP contribution in [0.4, 0.5) is 0 Å². The largest absolute Gasteiger partial charge is 0.355 e. The van der Waals surface area contributed by atoms with Crippen molar-refractivity contribution in [2.45, 2.75) is 25.7 Å². The summed E-state index contributed by atoms with van der Waals surface area (Å²) in [5, 5.41) is 7.57. The van der Waals surface area contributed by atoms with Gasteiger partial charge in [0.25, 0.3) is 0 Å². The number of benzene rings is 1. The van der Waals surface area contributed by atoms with Crippen LogP contribution in [0.5, 0.6) is 0 Å². The van der Waals surface area contributed by atoms with Gasteiger partial charge < -0.3 is 15.6 Å². The zero-order chi connectivity index (χ0) is 16.9. The molecule has 0 radical (unpaired) electrons. The molecule has 3 N–H and O–H groups in total. The Kier molecular flexibility index (Phi) is 7.23. The van der Waals surface area contributed by atoms with Gasteiger partial charge in [0.15, 0.2) is 0 Å². The second-order valence-electron chi connectivity index (χ2n) is 6.09. The highest BCUT2D eigenvalue weighted by Gasteiger charge is 2.31. The average molecular weight is 385 g/mol. The molecule has 1 saturated carbocycles. The van der Waals surface area contributed by atoms with Crippen molar-refractivity contribution < 1.29 is 9.32 Å². The molecule has 1 aromatic carbocycles. The molecule has 0 bridgehead atoms. The maximum absolute atomic E-state index is 12.2.